The summed E-state index contributed by atoms with van der Waals surface area (Å²) in [6.45, 7) is 12.2. The molecule has 2 heterocycles. The van der Waals surface area contributed by atoms with Crippen LogP contribution in [0.4, 0.5) is 0 Å². The molecule has 1 aliphatic heterocycles. The Balaban J connectivity index is 1.69. The number of fused-ring (bicyclic) bond motifs is 3. The monoisotopic (exact) mass is 530 g/mol. The van der Waals surface area contributed by atoms with E-state index in [9.17, 15) is 0 Å². The van der Waals surface area contributed by atoms with Gasteiger partial charge in [-0.15, -0.1) is 0 Å². The Kier molecular flexibility index (Phi) is 10.5. The molecule has 1 aromatic heterocycles. The minimum atomic E-state index is 0.550. The van der Waals surface area contributed by atoms with Crippen LogP contribution < -0.4 is 0 Å². The SMILES string of the molecule is C=C/C=C\c1c(C)c2ccccc2c2nc(C(/C=C\C)=C/CC3C/C=C\CC(=C)/C=C\C=C/CSC3)cnc12. The van der Waals surface area contributed by atoms with Crippen molar-refractivity contribution in [2.24, 2.45) is 5.92 Å². The van der Waals surface area contributed by atoms with Gasteiger partial charge in [0.25, 0.3) is 0 Å². The number of aromatic nitrogens is 2. The molecule has 3 heteroatoms. The second-order valence-corrected chi connectivity index (χ2v) is 10.9. The molecular weight excluding hydrogens is 492 g/mol. The van der Waals surface area contributed by atoms with E-state index in [0.717, 1.165) is 69.6 Å². The third kappa shape index (κ3) is 7.46. The molecule has 198 valence electrons. The molecule has 0 saturated heterocycles. The van der Waals surface area contributed by atoms with Gasteiger partial charge in [-0.25, -0.2) is 4.98 Å². The van der Waals surface area contributed by atoms with E-state index in [-0.39, 0.29) is 0 Å². The first kappa shape index (κ1) is 28.3. The third-order valence-corrected chi connectivity index (χ3v) is 8.03. The average Bonchev–Trinajstić information content (AvgIpc) is 2.97. The summed E-state index contributed by atoms with van der Waals surface area (Å²) in [4.78, 5) is 10.2. The number of nitrogens with zero attached hydrogens (tertiary/aromatic N) is 2. The largest absolute Gasteiger partial charge is 0.252 e. The van der Waals surface area contributed by atoms with Gasteiger partial charge in [0, 0.05) is 16.7 Å². The molecule has 0 amide bonds. The van der Waals surface area contributed by atoms with Gasteiger partial charge in [0.05, 0.1) is 22.9 Å². The number of thioether (sulfide) groups is 1. The van der Waals surface area contributed by atoms with Crippen LogP contribution in [0.15, 0.2) is 116 Å². The summed E-state index contributed by atoms with van der Waals surface area (Å²) in [5.41, 5.74) is 7.33. The number of hydrogen-bond acceptors (Lipinski definition) is 3. The molecule has 39 heavy (non-hydrogen) atoms. The van der Waals surface area contributed by atoms with Crippen LogP contribution in [0, 0.1) is 12.8 Å². The van der Waals surface area contributed by atoms with Gasteiger partial charge in [-0.2, -0.15) is 11.8 Å². The molecule has 2 aromatic carbocycles. The maximum atomic E-state index is 5.21. The molecule has 0 aliphatic carbocycles. The zero-order chi connectivity index (χ0) is 27.5. The van der Waals surface area contributed by atoms with E-state index in [2.05, 4.69) is 112 Å². The van der Waals surface area contributed by atoms with E-state index < -0.39 is 0 Å². The number of allylic oxidation sites excluding steroid dienone is 12. The van der Waals surface area contributed by atoms with E-state index in [4.69, 9.17) is 9.97 Å². The number of hydrogen-bond donors (Lipinski definition) is 0. The minimum absolute atomic E-state index is 0.550. The number of aryl methyl sites for hydroxylation is 1. The summed E-state index contributed by atoms with van der Waals surface area (Å²) in [6, 6.07) is 8.49. The Morgan fingerprint density at radius 1 is 1.10 bits per heavy atom. The lowest BCUT2D eigenvalue weighted by molar-refractivity contribution is 0.614. The molecule has 2 nitrogen and oxygen atoms in total. The van der Waals surface area contributed by atoms with Gasteiger partial charge in [0.2, 0.25) is 0 Å². The van der Waals surface area contributed by atoms with Crippen molar-refractivity contribution in [3.05, 3.63) is 133 Å². The van der Waals surface area contributed by atoms with Crippen LogP contribution in [0.25, 0.3) is 33.5 Å². The second kappa shape index (κ2) is 14.5. The topological polar surface area (TPSA) is 25.8 Å². The van der Waals surface area contributed by atoms with Gasteiger partial charge in [0.15, 0.2) is 0 Å². The predicted molar refractivity (Wildman–Crippen MR) is 175 cm³/mol. The number of benzene rings is 2. The van der Waals surface area contributed by atoms with Gasteiger partial charge in [-0.3, -0.25) is 4.98 Å². The Morgan fingerprint density at radius 2 is 1.95 bits per heavy atom. The van der Waals surface area contributed by atoms with Gasteiger partial charge in [-0.1, -0.05) is 116 Å². The summed E-state index contributed by atoms with van der Waals surface area (Å²) in [7, 11) is 0. The highest BCUT2D eigenvalue weighted by Gasteiger charge is 2.14. The molecule has 0 radical (unpaired) electrons. The summed E-state index contributed by atoms with van der Waals surface area (Å²) in [6.07, 6.45) is 30.4. The summed E-state index contributed by atoms with van der Waals surface area (Å²) in [5.74, 6) is 2.69. The van der Waals surface area contributed by atoms with Gasteiger partial charge in [-0.05, 0) is 61.3 Å². The molecule has 0 N–H and O–H groups in total. The van der Waals surface area contributed by atoms with E-state index in [1.165, 1.54) is 10.9 Å². The average molecular weight is 531 g/mol. The minimum Gasteiger partial charge on any atom is -0.252 e. The predicted octanol–water partition coefficient (Wildman–Crippen LogP) is 10.0. The van der Waals surface area contributed by atoms with E-state index in [0.29, 0.717) is 5.92 Å². The lowest BCUT2D eigenvalue weighted by Gasteiger charge is -2.14. The maximum absolute atomic E-state index is 5.21. The van der Waals surface area contributed by atoms with Crippen LogP contribution in [-0.2, 0) is 0 Å². The van der Waals surface area contributed by atoms with Crippen molar-refractivity contribution in [3.8, 4) is 0 Å². The highest BCUT2D eigenvalue weighted by molar-refractivity contribution is 7.99. The first-order valence-electron chi connectivity index (χ1n) is 13.7. The van der Waals surface area contributed by atoms with Crippen LogP contribution in [0.5, 0.6) is 0 Å². The van der Waals surface area contributed by atoms with Crippen molar-refractivity contribution < 1.29 is 0 Å². The lowest BCUT2D eigenvalue weighted by atomic mass is 9.96. The standard InChI is InChI=1S/C36H38N2S/c1-5-7-19-32-28(4)31-20-12-13-21-33(31)36-35(32)37-25-34(38-36)30(15-6-2)23-22-29-18-11-10-17-27(3)16-9-8-14-24-39-26-29/h5-16,19-21,23,25,29H,1,3,17-18,22,24,26H2,2,4H3/b11-10-,14-8-,15-6-,16-9-,19-7-,30-23+. The summed E-state index contributed by atoms with van der Waals surface area (Å²) in [5, 5.41) is 2.34. The summed E-state index contributed by atoms with van der Waals surface area (Å²) < 4.78 is 0. The second-order valence-electron chi connectivity index (χ2n) is 9.79. The smallest absolute Gasteiger partial charge is 0.0978 e. The summed E-state index contributed by atoms with van der Waals surface area (Å²) >= 11 is 1.99. The van der Waals surface area contributed by atoms with Crippen molar-refractivity contribution >= 4 is 45.2 Å². The highest BCUT2D eigenvalue weighted by atomic mass is 32.2. The first-order chi connectivity index (χ1) is 19.1. The molecule has 0 saturated carbocycles. The third-order valence-electron chi connectivity index (χ3n) is 6.89. The molecule has 1 atom stereocenters. The fourth-order valence-electron chi connectivity index (χ4n) is 4.80. The van der Waals surface area contributed by atoms with E-state index in [1.54, 1.807) is 6.08 Å². The Morgan fingerprint density at radius 3 is 2.77 bits per heavy atom. The Hall–Kier alpha value is -3.69. The molecule has 0 spiro atoms. The van der Waals surface area contributed by atoms with Gasteiger partial charge in [0.1, 0.15) is 0 Å². The molecular formula is C36H38N2S. The van der Waals surface area contributed by atoms with Crippen molar-refractivity contribution in [2.75, 3.05) is 11.5 Å². The van der Waals surface area contributed by atoms with Crippen LogP contribution in [0.2, 0.25) is 0 Å². The van der Waals surface area contributed by atoms with Crippen LogP contribution in [0.3, 0.4) is 0 Å². The number of rotatable bonds is 6. The van der Waals surface area contributed by atoms with Crippen LogP contribution in [-0.4, -0.2) is 21.5 Å². The van der Waals surface area contributed by atoms with Gasteiger partial charge >= 0.3 is 0 Å². The quantitative estimate of drug-likeness (QED) is 0.180. The van der Waals surface area contributed by atoms with E-state index >= 15 is 0 Å². The molecule has 4 rings (SSSR count). The van der Waals surface area contributed by atoms with Crippen molar-refractivity contribution in [3.63, 3.8) is 0 Å². The van der Waals surface area contributed by atoms with Gasteiger partial charge < -0.3 is 0 Å². The zero-order valence-electron chi connectivity index (χ0n) is 23.1. The lowest BCUT2D eigenvalue weighted by Crippen LogP contribution is -2.03. The van der Waals surface area contributed by atoms with Crippen LogP contribution >= 0.6 is 11.8 Å². The van der Waals surface area contributed by atoms with Crippen molar-refractivity contribution in [2.45, 2.75) is 33.1 Å². The molecule has 1 unspecified atom stereocenters. The Bertz CT molecular complexity index is 1510. The Labute approximate surface area is 238 Å². The normalized spacial score (nSPS) is 20.1. The van der Waals surface area contributed by atoms with Crippen molar-refractivity contribution in [1.82, 2.24) is 9.97 Å². The molecule has 3 aromatic rings. The van der Waals surface area contributed by atoms with E-state index in [1.807, 2.05) is 24.0 Å². The fourth-order valence-corrected chi connectivity index (χ4v) is 5.79. The molecule has 0 bridgehead atoms. The fraction of sp³-hybridized carbons (Fsp3) is 0.222. The molecule has 1 aliphatic rings. The molecule has 0 fully saturated rings. The highest BCUT2D eigenvalue weighted by Crippen LogP contribution is 2.32. The van der Waals surface area contributed by atoms with Crippen molar-refractivity contribution in [1.29, 1.82) is 0 Å². The zero-order valence-corrected chi connectivity index (χ0v) is 24.0. The maximum Gasteiger partial charge on any atom is 0.0978 e. The van der Waals surface area contributed by atoms with Crippen LogP contribution in [0.1, 0.15) is 43.0 Å². The first-order valence-corrected chi connectivity index (χ1v) is 14.8.